The van der Waals surface area contributed by atoms with E-state index in [-0.39, 0.29) is 18.3 Å². The minimum atomic E-state index is -1.12. The molecule has 0 unspecified atom stereocenters. The highest BCUT2D eigenvalue weighted by Gasteiger charge is 2.06. The Morgan fingerprint density at radius 1 is 1.71 bits per heavy atom. The Balaban J connectivity index is 2.65. The number of hydrogen-bond acceptors (Lipinski definition) is 4. The largest absolute Gasteiger partial charge is 0.477 e. The molecule has 0 spiro atoms. The number of carboxylic acids is 1. The van der Waals surface area contributed by atoms with Crippen LogP contribution in [0.15, 0.2) is 12.3 Å². The molecule has 0 aliphatic heterocycles. The summed E-state index contributed by atoms with van der Waals surface area (Å²) in [6.07, 6.45) is 6.76. The van der Waals surface area contributed by atoms with Gasteiger partial charge in [-0.25, -0.2) is 9.78 Å². The molecule has 0 amide bonds. The minimum absolute atomic E-state index is 0.0279. The molecule has 0 fully saturated rings. The molecule has 1 aromatic heterocycles. The zero-order valence-electron chi connectivity index (χ0n) is 7.30. The van der Waals surface area contributed by atoms with E-state index in [2.05, 4.69) is 15.9 Å². The highest BCUT2D eigenvalue weighted by atomic mass is 16.5. The van der Waals surface area contributed by atoms with Gasteiger partial charge in [0, 0.05) is 12.6 Å². The second-order valence-electron chi connectivity index (χ2n) is 2.33. The van der Waals surface area contributed by atoms with Crippen molar-refractivity contribution >= 4 is 5.97 Å². The highest BCUT2D eigenvalue weighted by Crippen LogP contribution is 2.02. The topological polar surface area (TPSA) is 72.3 Å². The summed E-state index contributed by atoms with van der Waals surface area (Å²) in [5.41, 5.74) is -0.101. The summed E-state index contributed by atoms with van der Waals surface area (Å²) in [5.74, 6) is 1.26. The number of carboxylic acid groups (broad SMARTS) is 1. The third-order valence-corrected chi connectivity index (χ3v) is 1.33. The Morgan fingerprint density at radius 2 is 2.50 bits per heavy atom. The fourth-order valence-electron chi connectivity index (χ4n) is 0.731. The molecule has 0 radical (unpaired) electrons. The summed E-state index contributed by atoms with van der Waals surface area (Å²) in [4.78, 5) is 17.9. The summed E-state index contributed by atoms with van der Waals surface area (Å²) in [6.45, 7) is 0.277. The molecule has 14 heavy (non-hydrogen) atoms. The molecular formula is C9H8N2O3. The van der Waals surface area contributed by atoms with Gasteiger partial charge in [0.2, 0.25) is 0 Å². The van der Waals surface area contributed by atoms with Crippen molar-refractivity contribution in [1.29, 1.82) is 0 Å². The number of terminal acetylenes is 1. The number of aromatic nitrogens is 2. The van der Waals surface area contributed by atoms with Crippen molar-refractivity contribution in [2.75, 3.05) is 6.61 Å². The maximum Gasteiger partial charge on any atom is 0.354 e. The molecule has 0 atom stereocenters. The summed E-state index contributed by atoms with van der Waals surface area (Å²) >= 11 is 0. The first-order valence-corrected chi connectivity index (χ1v) is 3.86. The molecule has 0 saturated carbocycles. The molecule has 0 aliphatic carbocycles. The SMILES string of the molecule is C#CCCOc1nccc(C(=O)O)n1. The van der Waals surface area contributed by atoms with Gasteiger partial charge in [0.25, 0.3) is 0 Å². The van der Waals surface area contributed by atoms with Crippen LogP contribution in [0.25, 0.3) is 0 Å². The molecule has 5 nitrogen and oxygen atoms in total. The molecule has 1 heterocycles. The van der Waals surface area contributed by atoms with Gasteiger partial charge in [-0.1, -0.05) is 0 Å². The molecule has 1 aromatic rings. The fourth-order valence-corrected chi connectivity index (χ4v) is 0.731. The Kier molecular flexibility index (Phi) is 3.44. The molecule has 72 valence electrons. The van der Waals surface area contributed by atoms with Crippen molar-refractivity contribution in [3.05, 3.63) is 18.0 Å². The van der Waals surface area contributed by atoms with Crippen LogP contribution in [-0.4, -0.2) is 27.7 Å². The van der Waals surface area contributed by atoms with Crippen LogP contribution in [0.2, 0.25) is 0 Å². The van der Waals surface area contributed by atoms with Crippen LogP contribution in [0.4, 0.5) is 0 Å². The maximum absolute atomic E-state index is 10.5. The van der Waals surface area contributed by atoms with E-state index in [9.17, 15) is 4.79 Å². The third-order valence-electron chi connectivity index (χ3n) is 1.33. The Hall–Kier alpha value is -2.09. The summed E-state index contributed by atoms with van der Waals surface area (Å²) in [7, 11) is 0. The van der Waals surface area contributed by atoms with E-state index < -0.39 is 5.97 Å². The number of ether oxygens (including phenoxy) is 1. The van der Waals surface area contributed by atoms with Gasteiger partial charge in [0.05, 0.1) is 0 Å². The predicted molar refractivity (Wildman–Crippen MR) is 47.9 cm³/mol. The molecular weight excluding hydrogens is 184 g/mol. The van der Waals surface area contributed by atoms with Crippen molar-refractivity contribution in [3.8, 4) is 18.4 Å². The Labute approximate surface area is 80.8 Å². The lowest BCUT2D eigenvalue weighted by molar-refractivity contribution is 0.0688. The van der Waals surface area contributed by atoms with E-state index in [4.69, 9.17) is 16.3 Å². The fraction of sp³-hybridized carbons (Fsp3) is 0.222. The van der Waals surface area contributed by atoms with Crippen LogP contribution in [0.3, 0.4) is 0 Å². The molecule has 1 rings (SSSR count). The van der Waals surface area contributed by atoms with E-state index in [0.29, 0.717) is 6.42 Å². The second-order valence-corrected chi connectivity index (χ2v) is 2.33. The minimum Gasteiger partial charge on any atom is -0.477 e. The average Bonchev–Trinajstić information content (AvgIpc) is 2.19. The second kappa shape index (κ2) is 4.82. The molecule has 0 saturated heterocycles. The maximum atomic E-state index is 10.5. The van der Waals surface area contributed by atoms with Crippen molar-refractivity contribution in [2.45, 2.75) is 6.42 Å². The van der Waals surface area contributed by atoms with E-state index >= 15 is 0 Å². The van der Waals surface area contributed by atoms with Gasteiger partial charge < -0.3 is 9.84 Å². The third kappa shape index (κ3) is 2.75. The Bertz CT molecular complexity index is 371. The first-order chi connectivity index (χ1) is 6.74. The number of nitrogens with zero attached hydrogens (tertiary/aromatic N) is 2. The number of carbonyl (C=O) groups is 1. The highest BCUT2D eigenvalue weighted by molar-refractivity contribution is 5.85. The van der Waals surface area contributed by atoms with Gasteiger partial charge in [0.15, 0.2) is 5.69 Å². The summed E-state index contributed by atoms with van der Waals surface area (Å²) < 4.78 is 5.01. The van der Waals surface area contributed by atoms with Crippen molar-refractivity contribution < 1.29 is 14.6 Å². The van der Waals surface area contributed by atoms with Crippen LogP contribution in [0.5, 0.6) is 6.01 Å². The number of rotatable bonds is 4. The standard InChI is InChI=1S/C9H8N2O3/c1-2-3-6-14-9-10-5-4-7(11-9)8(12)13/h1,4-5H,3,6H2,(H,12,13). The lowest BCUT2D eigenvalue weighted by atomic mass is 10.4. The number of aromatic carboxylic acids is 1. The lowest BCUT2D eigenvalue weighted by Crippen LogP contribution is -2.05. The van der Waals surface area contributed by atoms with Crippen LogP contribution in [-0.2, 0) is 0 Å². The van der Waals surface area contributed by atoms with E-state index in [1.807, 2.05) is 0 Å². The Morgan fingerprint density at radius 3 is 3.14 bits per heavy atom. The van der Waals surface area contributed by atoms with Crippen molar-refractivity contribution in [3.63, 3.8) is 0 Å². The quantitative estimate of drug-likeness (QED) is 0.558. The zero-order chi connectivity index (χ0) is 10.4. The first-order valence-electron chi connectivity index (χ1n) is 3.86. The van der Waals surface area contributed by atoms with Gasteiger partial charge in [-0.15, -0.1) is 12.3 Å². The van der Waals surface area contributed by atoms with Crippen LogP contribution < -0.4 is 4.74 Å². The van der Waals surface area contributed by atoms with E-state index in [0.717, 1.165) is 0 Å². The average molecular weight is 192 g/mol. The van der Waals surface area contributed by atoms with Gasteiger partial charge in [-0.05, 0) is 6.07 Å². The van der Waals surface area contributed by atoms with Crippen molar-refractivity contribution in [1.82, 2.24) is 9.97 Å². The normalized spacial score (nSPS) is 9.07. The van der Waals surface area contributed by atoms with E-state index in [1.54, 1.807) is 0 Å². The predicted octanol–water partition coefficient (Wildman–Crippen LogP) is 0.577. The van der Waals surface area contributed by atoms with Crippen LogP contribution in [0.1, 0.15) is 16.9 Å². The van der Waals surface area contributed by atoms with Gasteiger partial charge in [-0.3, -0.25) is 0 Å². The van der Waals surface area contributed by atoms with Gasteiger partial charge in [-0.2, -0.15) is 4.98 Å². The first kappa shape index (κ1) is 9.99. The lowest BCUT2D eigenvalue weighted by Gasteiger charge is -2.01. The molecule has 5 heteroatoms. The summed E-state index contributed by atoms with van der Waals surface area (Å²) in [6, 6.07) is 1.32. The summed E-state index contributed by atoms with van der Waals surface area (Å²) in [5, 5.41) is 8.60. The molecule has 0 bridgehead atoms. The van der Waals surface area contributed by atoms with Crippen LogP contribution in [0, 0.1) is 12.3 Å². The zero-order valence-corrected chi connectivity index (χ0v) is 7.30. The monoisotopic (exact) mass is 192 g/mol. The number of hydrogen-bond donors (Lipinski definition) is 1. The van der Waals surface area contributed by atoms with Gasteiger partial charge >= 0.3 is 12.0 Å². The van der Waals surface area contributed by atoms with Gasteiger partial charge in [0.1, 0.15) is 6.61 Å². The molecule has 1 N–H and O–H groups in total. The van der Waals surface area contributed by atoms with Crippen LogP contribution >= 0.6 is 0 Å². The van der Waals surface area contributed by atoms with E-state index in [1.165, 1.54) is 12.3 Å². The smallest absolute Gasteiger partial charge is 0.354 e. The molecule has 0 aliphatic rings. The molecule has 0 aromatic carbocycles. The van der Waals surface area contributed by atoms with Crippen molar-refractivity contribution in [2.24, 2.45) is 0 Å².